The van der Waals surface area contributed by atoms with Gasteiger partial charge in [-0.1, -0.05) is 19.3 Å². The average molecular weight is 522 g/mol. The van der Waals surface area contributed by atoms with Gasteiger partial charge in [-0.2, -0.15) is 26.3 Å². The van der Waals surface area contributed by atoms with Crippen LogP contribution in [-0.4, -0.2) is 48.4 Å². The molecule has 1 heterocycles. The summed E-state index contributed by atoms with van der Waals surface area (Å²) in [6.07, 6.45) is -2.77. The van der Waals surface area contributed by atoms with Crippen molar-refractivity contribution in [2.24, 2.45) is 5.92 Å². The predicted molar refractivity (Wildman–Crippen MR) is 122 cm³/mol. The fourth-order valence-electron chi connectivity index (χ4n) is 4.96. The summed E-state index contributed by atoms with van der Waals surface area (Å²) in [5.41, 5.74) is -3.83. The molecule has 1 aliphatic carbocycles. The van der Waals surface area contributed by atoms with Crippen molar-refractivity contribution in [1.29, 1.82) is 0 Å². The highest BCUT2D eigenvalue weighted by molar-refractivity contribution is 5.94. The van der Waals surface area contributed by atoms with Crippen molar-refractivity contribution < 1.29 is 35.9 Å². The molecule has 0 unspecified atom stereocenters. The summed E-state index contributed by atoms with van der Waals surface area (Å²) in [7, 11) is 0. The lowest BCUT2D eigenvalue weighted by Crippen LogP contribution is -2.48. The summed E-state index contributed by atoms with van der Waals surface area (Å²) in [6.45, 7) is 4.27. The number of halogens is 6. The number of carbonyl (C=O) groups is 2. The maximum atomic E-state index is 13.0. The number of nitrogens with one attached hydrogen (secondary N) is 2. The van der Waals surface area contributed by atoms with E-state index in [0.29, 0.717) is 51.0 Å². The lowest BCUT2D eigenvalue weighted by atomic mass is 9.83. The Morgan fingerprint density at radius 3 is 2.03 bits per heavy atom. The van der Waals surface area contributed by atoms with E-state index in [1.54, 1.807) is 0 Å². The fourth-order valence-corrected chi connectivity index (χ4v) is 4.96. The predicted octanol–water partition coefficient (Wildman–Crippen LogP) is 5.40. The molecule has 36 heavy (non-hydrogen) atoms. The quantitative estimate of drug-likeness (QED) is 0.473. The number of hydrogen-bond acceptors (Lipinski definition) is 3. The zero-order valence-corrected chi connectivity index (χ0v) is 20.3. The van der Waals surface area contributed by atoms with Crippen molar-refractivity contribution in [2.45, 2.75) is 76.2 Å². The molecule has 0 spiro atoms. The molecule has 2 fully saturated rings. The van der Waals surface area contributed by atoms with Gasteiger partial charge in [0.15, 0.2) is 0 Å². The molecule has 0 aromatic heterocycles. The first-order valence-corrected chi connectivity index (χ1v) is 12.4. The Balaban J connectivity index is 1.45. The summed E-state index contributed by atoms with van der Waals surface area (Å²) in [6, 6.07) is 0.875. The van der Waals surface area contributed by atoms with Crippen LogP contribution in [0.5, 0.6) is 0 Å². The Morgan fingerprint density at radius 1 is 0.944 bits per heavy atom. The second-order valence-electron chi connectivity index (χ2n) is 10.2. The molecule has 3 rings (SSSR count). The van der Waals surface area contributed by atoms with E-state index in [9.17, 15) is 35.9 Å². The van der Waals surface area contributed by atoms with Gasteiger partial charge in [0.2, 0.25) is 5.91 Å². The van der Waals surface area contributed by atoms with Crippen molar-refractivity contribution >= 4 is 11.8 Å². The lowest BCUT2D eigenvalue weighted by molar-refractivity contribution is -0.143. The van der Waals surface area contributed by atoms with E-state index in [-0.39, 0.29) is 30.0 Å². The van der Waals surface area contributed by atoms with Crippen molar-refractivity contribution in [3.63, 3.8) is 0 Å². The van der Waals surface area contributed by atoms with Gasteiger partial charge in [-0.3, -0.25) is 9.59 Å². The third-order valence-corrected chi connectivity index (χ3v) is 7.16. The normalized spacial score (nSPS) is 19.6. The van der Waals surface area contributed by atoms with E-state index in [1.807, 2.05) is 0 Å². The highest BCUT2D eigenvalue weighted by Crippen LogP contribution is 2.36. The molecule has 5 nitrogen and oxygen atoms in total. The molecular weight excluding hydrogens is 488 g/mol. The second-order valence-corrected chi connectivity index (χ2v) is 10.2. The molecule has 2 amide bonds. The van der Waals surface area contributed by atoms with E-state index >= 15 is 0 Å². The van der Waals surface area contributed by atoms with E-state index in [1.165, 1.54) is 6.42 Å². The minimum absolute atomic E-state index is 0.00224. The number of alkyl halides is 6. The van der Waals surface area contributed by atoms with Crippen molar-refractivity contribution in [3.8, 4) is 0 Å². The van der Waals surface area contributed by atoms with Crippen LogP contribution < -0.4 is 10.6 Å². The van der Waals surface area contributed by atoms with Gasteiger partial charge in [-0.15, -0.1) is 0 Å². The number of benzene rings is 1. The summed E-state index contributed by atoms with van der Waals surface area (Å²) >= 11 is 0. The zero-order chi connectivity index (χ0) is 26.6. The number of piperidine rings is 1. The number of amides is 2. The number of hydrogen-bond donors (Lipinski definition) is 2. The number of carbonyl (C=O) groups excluding carboxylic acids is 2. The summed E-state index contributed by atoms with van der Waals surface area (Å²) in [5.74, 6) is -0.886. The minimum atomic E-state index is -5.01. The first-order chi connectivity index (χ1) is 16.7. The van der Waals surface area contributed by atoms with Crippen molar-refractivity contribution in [2.75, 3.05) is 26.2 Å². The smallest absolute Gasteiger partial charge is 0.352 e. The Hall–Kier alpha value is -2.30. The summed E-state index contributed by atoms with van der Waals surface area (Å²) < 4.78 is 78.2. The maximum absolute atomic E-state index is 13.0. The summed E-state index contributed by atoms with van der Waals surface area (Å²) in [4.78, 5) is 26.9. The van der Waals surface area contributed by atoms with Gasteiger partial charge in [0, 0.05) is 30.6 Å². The number of rotatable bonds is 7. The van der Waals surface area contributed by atoms with Crippen molar-refractivity contribution in [3.05, 3.63) is 34.9 Å². The lowest BCUT2D eigenvalue weighted by Gasteiger charge is -2.35. The van der Waals surface area contributed by atoms with Crippen LogP contribution in [0.4, 0.5) is 26.3 Å². The van der Waals surface area contributed by atoms with Crippen LogP contribution in [0.3, 0.4) is 0 Å². The Morgan fingerprint density at radius 2 is 1.50 bits per heavy atom. The molecular formula is C25H33F6N3O2. The van der Waals surface area contributed by atoms with Gasteiger partial charge in [0.25, 0.3) is 5.91 Å². The van der Waals surface area contributed by atoms with Crippen molar-refractivity contribution in [1.82, 2.24) is 15.5 Å². The van der Waals surface area contributed by atoms with Gasteiger partial charge in [-0.05, 0) is 69.8 Å². The van der Waals surface area contributed by atoms with Crippen LogP contribution in [0.2, 0.25) is 0 Å². The van der Waals surface area contributed by atoms with Crippen LogP contribution in [0.25, 0.3) is 0 Å². The molecule has 0 radical (unpaired) electrons. The second kappa shape index (κ2) is 11.4. The van der Waals surface area contributed by atoms with Gasteiger partial charge >= 0.3 is 12.4 Å². The zero-order valence-electron chi connectivity index (χ0n) is 20.3. The molecule has 202 valence electrons. The summed E-state index contributed by atoms with van der Waals surface area (Å²) in [5, 5.41) is 5.65. The van der Waals surface area contributed by atoms with Crippen LogP contribution in [0.1, 0.15) is 79.8 Å². The van der Waals surface area contributed by atoms with Gasteiger partial charge < -0.3 is 15.5 Å². The van der Waals surface area contributed by atoms with E-state index in [4.69, 9.17) is 0 Å². The largest absolute Gasteiger partial charge is 0.416 e. The molecule has 2 aliphatic rings. The molecule has 11 heteroatoms. The molecule has 1 aromatic carbocycles. The Labute approximate surface area is 207 Å². The van der Waals surface area contributed by atoms with Crippen LogP contribution in [-0.2, 0) is 17.1 Å². The molecule has 1 aliphatic heterocycles. The van der Waals surface area contributed by atoms with Crippen LogP contribution in [0.15, 0.2) is 18.2 Å². The minimum Gasteiger partial charge on any atom is -0.352 e. The molecule has 2 N–H and O–H groups in total. The Bertz CT molecular complexity index is 885. The van der Waals surface area contributed by atoms with E-state index in [0.717, 1.165) is 25.7 Å². The standard InChI is InChI=1S/C25H33F6N3O2/c1-23(8-3-2-4-9-23)33-21(35)7-12-34-10-5-17(6-11-34)16-32-22(36)18-13-19(24(26,27)28)15-20(14-18)25(29,30)31/h13-15,17H,2-12,16H2,1H3,(H,32,36)(H,33,35). The average Bonchev–Trinajstić information content (AvgIpc) is 2.80. The topological polar surface area (TPSA) is 61.4 Å². The van der Waals surface area contributed by atoms with Gasteiger partial charge in [-0.25, -0.2) is 0 Å². The third-order valence-electron chi connectivity index (χ3n) is 7.16. The van der Waals surface area contributed by atoms with Crippen LogP contribution in [0, 0.1) is 5.92 Å². The SMILES string of the molecule is CC1(NC(=O)CCN2CCC(CNC(=O)c3cc(C(F)(F)F)cc(C(F)(F)F)c3)CC2)CCCCC1. The first-order valence-electron chi connectivity index (χ1n) is 12.4. The van der Waals surface area contributed by atoms with E-state index < -0.39 is 35.0 Å². The maximum Gasteiger partial charge on any atom is 0.416 e. The molecule has 1 saturated heterocycles. The highest BCUT2D eigenvalue weighted by Gasteiger charge is 2.37. The van der Waals surface area contributed by atoms with Crippen LogP contribution >= 0.6 is 0 Å². The third kappa shape index (κ3) is 8.11. The fraction of sp³-hybridized carbons (Fsp3) is 0.680. The highest BCUT2D eigenvalue weighted by atomic mass is 19.4. The molecule has 1 saturated carbocycles. The first kappa shape index (κ1) is 28.3. The molecule has 0 atom stereocenters. The monoisotopic (exact) mass is 521 g/mol. The van der Waals surface area contributed by atoms with Gasteiger partial charge in [0.1, 0.15) is 0 Å². The molecule has 0 bridgehead atoms. The van der Waals surface area contributed by atoms with Gasteiger partial charge in [0.05, 0.1) is 11.1 Å². The number of nitrogens with zero attached hydrogens (tertiary/aromatic N) is 1. The molecule has 1 aromatic rings. The van der Waals surface area contributed by atoms with E-state index in [2.05, 4.69) is 22.5 Å². The number of likely N-dealkylation sites (tertiary alicyclic amines) is 1. The Kier molecular flexibility index (Phi) is 8.95.